The maximum atomic E-state index is 10.8. The second kappa shape index (κ2) is 5.14. The van der Waals surface area contributed by atoms with E-state index >= 15 is 0 Å². The summed E-state index contributed by atoms with van der Waals surface area (Å²) < 4.78 is 0. The molecule has 0 amide bonds. The predicted octanol–water partition coefficient (Wildman–Crippen LogP) is 1.79. The molecule has 2 heterocycles. The minimum Gasteiger partial charge on any atom is -0.345 e. The Morgan fingerprint density at radius 2 is 2.29 bits per heavy atom. The fraction of sp³-hybridized carbons (Fsp3) is 0.667. The average Bonchev–Trinajstić information content (AvgIpc) is 2.70. The number of carbonyl (C=O) groups excluding carboxylic acids is 1. The standard InChI is InChI=1S/C12H19N3OS/c1-4-14-5-6-15(7-9(14)2)12-13-10(3)11(8-16)17-12/h8-9H,4-7H2,1-3H3. The Kier molecular flexibility index (Phi) is 3.79. The fourth-order valence-electron chi connectivity index (χ4n) is 2.28. The van der Waals surface area contributed by atoms with Gasteiger partial charge in [0.15, 0.2) is 11.4 Å². The largest absolute Gasteiger partial charge is 0.345 e. The quantitative estimate of drug-likeness (QED) is 0.770. The SMILES string of the molecule is CCN1CCN(c2nc(C)c(C=O)s2)CC1C. The summed E-state index contributed by atoms with van der Waals surface area (Å²) in [6, 6.07) is 0.553. The first-order valence-electron chi connectivity index (χ1n) is 6.07. The van der Waals surface area contributed by atoms with Crippen LogP contribution in [-0.2, 0) is 0 Å². The highest BCUT2D eigenvalue weighted by Gasteiger charge is 2.24. The molecule has 2 rings (SSSR count). The van der Waals surface area contributed by atoms with Crippen molar-refractivity contribution < 1.29 is 4.79 Å². The van der Waals surface area contributed by atoms with Gasteiger partial charge in [0.2, 0.25) is 0 Å². The van der Waals surface area contributed by atoms with Gasteiger partial charge >= 0.3 is 0 Å². The lowest BCUT2D eigenvalue weighted by Crippen LogP contribution is -2.51. The van der Waals surface area contributed by atoms with E-state index in [1.165, 1.54) is 11.3 Å². The van der Waals surface area contributed by atoms with Crippen molar-refractivity contribution in [1.82, 2.24) is 9.88 Å². The van der Waals surface area contributed by atoms with E-state index in [9.17, 15) is 4.79 Å². The van der Waals surface area contributed by atoms with Crippen LogP contribution >= 0.6 is 11.3 Å². The average molecular weight is 253 g/mol. The zero-order chi connectivity index (χ0) is 12.4. The third-order valence-electron chi connectivity index (χ3n) is 3.37. The summed E-state index contributed by atoms with van der Waals surface area (Å²) >= 11 is 1.51. The highest BCUT2D eigenvalue weighted by molar-refractivity contribution is 7.17. The third kappa shape index (κ3) is 2.50. The Balaban J connectivity index is 2.10. The number of aromatic nitrogens is 1. The molecule has 0 radical (unpaired) electrons. The summed E-state index contributed by atoms with van der Waals surface area (Å²) in [5.74, 6) is 0. The summed E-state index contributed by atoms with van der Waals surface area (Å²) in [6.07, 6.45) is 0.905. The maximum Gasteiger partial charge on any atom is 0.186 e. The van der Waals surface area contributed by atoms with Crippen LogP contribution < -0.4 is 4.90 Å². The first-order chi connectivity index (χ1) is 8.15. The molecule has 0 aliphatic carbocycles. The second-order valence-electron chi connectivity index (χ2n) is 4.49. The molecule has 5 heteroatoms. The van der Waals surface area contributed by atoms with Crippen molar-refractivity contribution in [1.29, 1.82) is 0 Å². The number of thiazole rings is 1. The number of hydrogen-bond acceptors (Lipinski definition) is 5. The van der Waals surface area contributed by atoms with Crippen LogP contribution in [0.1, 0.15) is 29.2 Å². The van der Waals surface area contributed by atoms with E-state index in [0.29, 0.717) is 6.04 Å². The summed E-state index contributed by atoms with van der Waals surface area (Å²) in [5.41, 5.74) is 0.852. The van der Waals surface area contributed by atoms with E-state index in [2.05, 4.69) is 28.6 Å². The molecule has 1 aliphatic rings. The van der Waals surface area contributed by atoms with Crippen molar-refractivity contribution in [2.24, 2.45) is 0 Å². The molecule has 1 aromatic rings. The van der Waals surface area contributed by atoms with Crippen LogP contribution in [0.5, 0.6) is 0 Å². The smallest absolute Gasteiger partial charge is 0.186 e. The van der Waals surface area contributed by atoms with Gasteiger partial charge in [-0.25, -0.2) is 4.98 Å². The van der Waals surface area contributed by atoms with E-state index in [1.807, 2.05) is 6.92 Å². The molecule has 1 unspecified atom stereocenters. The lowest BCUT2D eigenvalue weighted by molar-refractivity contribution is 0.112. The van der Waals surface area contributed by atoms with Crippen molar-refractivity contribution in [3.8, 4) is 0 Å². The first-order valence-corrected chi connectivity index (χ1v) is 6.89. The molecular formula is C12H19N3OS. The van der Waals surface area contributed by atoms with Crippen molar-refractivity contribution in [3.63, 3.8) is 0 Å². The summed E-state index contributed by atoms with van der Waals surface area (Å²) in [6.45, 7) is 10.5. The minimum absolute atomic E-state index is 0.553. The van der Waals surface area contributed by atoms with Gasteiger partial charge in [-0.3, -0.25) is 9.69 Å². The Bertz CT molecular complexity index is 404. The summed E-state index contributed by atoms with van der Waals surface area (Å²) in [5, 5.41) is 0.993. The molecule has 1 aliphatic heterocycles. The highest BCUT2D eigenvalue weighted by atomic mass is 32.1. The van der Waals surface area contributed by atoms with Crippen LogP contribution in [0.2, 0.25) is 0 Å². The van der Waals surface area contributed by atoms with E-state index in [-0.39, 0.29) is 0 Å². The summed E-state index contributed by atoms with van der Waals surface area (Å²) in [4.78, 5) is 20.8. The lowest BCUT2D eigenvalue weighted by Gasteiger charge is -2.39. The van der Waals surface area contributed by atoms with E-state index < -0.39 is 0 Å². The number of likely N-dealkylation sites (N-methyl/N-ethyl adjacent to an activating group) is 1. The zero-order valence-electron chi connectivity index (χ0n) is 10.6. The topological polar surface area (TPSA) is 36.4 Å². The Labute approximate surface area is 106 Å². The van der Waals surface area contributed by atoms with E-state index in [0.717, 1.165) is 48.2 Å². The van der Waals surface area contributed by atoms with Gasteiger partial charge in [-0.2, -0.15) is 0 Å². The molecule has 0 aromatic carbocycles. The molecule has 1 aromatic heterocycles. The molecule has 1 fully saturated rings. The molecule has 1 atom stereocenters. The molecule has 94 valence electrons. The van der Waals surface area contributed by atoms with Crippen molar-refractivity contribution in [2.45, 2.75) is 26.8 Å². The maximum absolute atomic E-state index is 10.8. The molecule has 17 heavy (non-hydrogen) atoms. The van der Waals surface area contributed by atoms with Gasteiger partial charge in [0.05, 0.1) is 10.6 Å². The number of anilines is 1. The van der Waals surface area contributed by atoms with Crippen molar-refractivity contribution in [2.75, 3.05) is 31.1 Å². The van der Waals surface area contributed by atoms with Crippen LogP contribution in [0.4, 0.5) is 5.13 Å². The van der Waals surface area contributed by atoms with Gasteiger partial charge in [-0.05, 0) is 20.4 Å². The van der Waals surface area contributed by atoms with Crippen LogP contribution in [-0.4, -0.2) is 48.4 Å². The molecule has 0 saturated carbocycles. The normalized spacial score (nSPS) is 21.8. The lowest BCUT2D eigenvalue weighted by atomic mass is 10.2. The Morgan fingerprint density at radius 3 is 2.82 bits per heavy atom. The van der Waals surface area contributed by atoms with Crippen LogP contribution in [0, 0.1) is 6.92 Å². The van der Waals surface area contributed by atoms with Crippen molar-refractivity contribution in [3.05, 3.63) is 10.6 Å². The van der Waals surface area contributed by atoms with E-state index in [1.54, 1.807) is 0 Å². The summed E-state index contributed by atoms with van der Waals surface area (Å²) in [7, 11) is 0. The number of hydrogen-bond donors (Lipinski definition) is 0. The molecule has 0 bridgehead atoms. The van der Waals surface area contributed by atoms with Crippen LogP contribution in [0.25, 0.3) is 0 Å². The number of aryl methyl sites for hydroxylation is 1. The molecule has 0 spiro atoms. The predicted molar refractivity (Wildman–Crippen MR) is 71.2 cm³/mol. The second-order valence-corrected chi connectivity index (χ2v) is 5.50. The Morgan fingerprint density at radius 1 is 1.53 bits per heavy atom. The molecular weight excluding hydrogens is 234 g/mol. The number of carbonyl (C=O) groups is 1. The number of nitrogens with zero attached hydrogens (tertiary/aromatic N) is 3. The molecule has 1 saturated heterocycles. The van der Waals surface area contributed by atoms with E-state index in [4.69, 9.17) is 0 Å². The molecule has 0 N–H and O–H groups in total. The molecule has 4 nitrogen and oxygen atoms in total. The minimum atomic E-state index is 0.553. The van der Waals surface area contributed by atoms with Gasteiger partial charge in [0.1, 0.15) is 0 Å². The fourth-order valence-corrected chi connectivity index (χ4v) is 3.19. The third-order valence-corrected chi connectivity index (χ3v) is 4.51. The highest BCUT2D eigenvalue weighted by Crippen LogP contribution is 2.26. The zero-order valence-corrected chi connectivity index (χ0v) is 11.5. The monoisotopic (exact) mass is 253 g/mol. The van der Waals surface area contributed by atoms with Crippen LogP contribution in [0.3, 0.4) is 0 Å². The van der Waals surface area contributed by atoms with Crippen LogP contribution in [0.15, 0.2) is 0 Å². The van der Waals surface area contributed by atoms with Gasteiger partial charge in [-0.1, -0.05) is 18.3 Å². The van der Waals surface area contributed by atoms with Gasteiger partial charge < -0.3 is 4.90 Å². The van der Waals surface area contributed by atoms with Gasteiger partial charge in [-0.15, -0.1) is 0 Å². The number of aldehydes is 1. The number of piperazine rings is 1. The van der Waals surface area contributed by atoms with Crippen molar-refractivity contribution >= 4 is 22.8 Å². The first kappa shape index (κ1) is 12.5. The Hall–Kier alpha value is -0.940. The number of rotatable bonds is 3. The van der Waals surface area contributed by atoms with Gasteiger partial charge in [0, 0.05) is 25.7 Å². The van der Waals surface area contributed by atoms with Gasteiger partial charge in [0.25, 0.3) is 0 Å².